The zero-order valence-electron chi connectivity index (χ0n) is 9.95. The Morgan fingerprint density at radius 1 is 1.47 bits per heavy atom. The molecule has 0 saturated heterocycles. The van der Waals surface area contributed by atoms with E-state index in [1.54, 1.807) is 0 Å². The van der Waals surface area contributed by atoms with Crippen LogP contribution in [0.25, 0.3) is 0 Å². The van der Waals surface area contributed by atoms with Gasteiger partial charge in [-0.2, -0.15) is 4.68 Å². The molecule has 0 aliphatic heterocycles. The Hall–Kier alpha value is -1.32. The molecule has 0 unspecified atom stereocenters. The Balaban J connectivity index is 2.78. The fourth-order valence-corrected chi connectivity index (χ4v) is 1.51. The maximum absolute atomic E-state index is 11.4. The number of aromatic nitrogens is 2. The van der Waals surface area contributed by atoms with Gasteiger partial charge in [-0.25, -0.2) is 0 Å². The number of likely N-dealkylation sites (N-methyl/N-ethyl adjacent to an activating group) is 1. The lowest BCUT2D eigenvalue weighted by Crippen LogP contribution is -2.52. The predicted octanol–water partition coefficient (Wildman–Crippen LogP) is 0.667. The zero-order chi connectivity index (χ0) is 11.5. The van der Waals surface area contributed by atoms with Gasteiger partial charge in [-0.05, 0) is 27.7 Å². The molecule has 0 fully saturated rings. The summed E-state index contributed by atoms with van der Waals surface area (Å²) in [7, 11) is 0. The topological polar surface area (TPSA) is 37.9 Å². The molecule has 0 saturated carbocycles. The van der Waals surface area contributed by atoms with Gasteiger partial charge in [0, 0.05) is 12.6 Å². The van der Waals surface area contributed by atoms with Crippen molar-refractivity contribution in [2.45, 2.75) is 39.8 Å². The Bertz CT molecular complexity index is 336. The van der Waals surface area contributed by atoms with Crippen LogP contribution in [0.3, 0.4) is 0 Å². The van der Waals surface area contributed by atoms with Gasteiger partial charge in [-0.3, -0.25) is 4.79 Å². The first-order valence-electron chi connectivity index (χ1n) is 5.29. The van der Waals surface area contributed by atoms with Crippen LogP contribution in [0.5, 0.6) is 0 Å². The lowest BCUT2D eigenvalue weighted by molar-refractivity contribution is -0.770. The quantitative estimate of drug-likeness (QED) is 0.731. The van der Waals surface area contributed by atoms with Crippen LogP contribution < -0.4 is 10.00 Å². The molecule has 0 aliphatic rings. The van der Waals surface area contributed by atoms with Crippen molar-refractivity contribution in [1.29, 1.82) is 0 Å². The smallest absolute Gasteiger partial charge is 0.288 e. The van der Waals surface area contributed by atoms with Crippen molar-refractivity contribution in [3.05, 3.63) is 18.5 Å². The highest BCUT2D eigenvalue weighted by molar-refractivity contribution is 5.74. The summed E-state index contributed by atoms with van der Waals surface area (Å²) in [4.78, 5) is 11.4. The van der Waals surface area contributed by atoms with E-state index in [1.807, 2.05) is 30.1 Å². The number of nitrogens with zero attached hydrogens (tertiary/aromatic N) is 2. The fourth-order valence-electron chi connectivity index (χ4n) is 1.51. The second-order valence-corrected chi connectivity index (χ2v) is 4.56. The maximum atomic E-state index is 11.4. The number of hydrogen-bond acceptors (Lipinski definition) is 1. The van der Waals surface area contributed by atoms with Gasteiger partial charge in [-0.15, -0.1) is 4.68 Å². The van der Waals surface area contributed by atoms with E-state index in [-0.39, 0.29) is 11.4 Å². The van der Waals surface area contributed by atoms with Crippen LogP contribution >= 0.6 is 0 Å². The Labute approximate surface area is 90.9 Å². The lowest BCUT2D eigenvalue weighted by Gasteiger charge is -2.17. The van der Waals surface area contributed by atoms with Crippen LogP contribution in [0.15, 0.2) is 18.5 Å². The van der Waals surface area contributed by atoms with Crippen LogP contribution in [0.4, 0.5) is 0 Å². The molecule has 1 aromatic heterocycles. The molecule has 0 aromatic carbocycles. The van der Waals surface area contributed by atoms with Crippen molar-refractivity contribution < 1.29 is 9.48 Å². The summed E-state index contributed by atoms with van der Waals surface area (Å²) in [5.41, 5.74) is -0.00397. The highest BCUT2D eigenvalue weighted by Crippen LogP contribution is 2.09. The third kappa shape index (κ3) is 3.08. The number of nitrogens with one attached hydrogen (secondary N) is 1. The third-order valence-electron chi connectivity index (χ3n) is 2.13. The minimum absolute atomic E-state index is 0.00397. The summed E-state index contributed by atoms with van der Waals surface area (Å²) in [5.74, 6) is 0.0479. The molecule has 1 amide bonds. The number of rotatable bonds is 3. The lowest BCUT2D eigenvalue weighted by atomic mass is 10.1. The Morgan fingerprint density at radius 3 is 2.67 bits per heavy atom. The summed E-state index contributed by atoms with van der Waals surface area (Å²) in [5, 5.41) is 2.79. The van der Waals surface area contributed by atoms with Crippen molar-refractivity contribution in [3.8, 4) is 0 Å². The average molecular weight is 210 g/mol. The van der Waals surface area contributed by atoms with Gasteiger partial charge in [0.1, 0.15) is 0 Å². The molecule has 0 bridgehead atoms. The third-order valence-corrected chi connectivity index (χ3v) is 2.13. The summed E-state index contributed by atoms with van der Waals surface area (Å²) < 4.78 is 3.98. The Kier molecular flexibility index (Phi) is 3.50. The summed E-state index contributed by atoms with van der Waals surface area (Å²) in [6.07, 6.45) is 3.90. The molecule has 0 spiro atoms. The van der Waals surface area contributed by atoms with E-state index in [2.05, 4.69) is 30.8 Å². The molecular weight excluding hydrogens is 190 g/mol. The minimum atomic E-state index is -0.00397. The van der Waals surface area contributed by atoms with E-state index in [1.165, 1.54) is 0 Å². The van der Waals surface area contributed by atoms with Gasteiger partial charge in [0.2, 0.25) is 6.54 Å². The van der Waals surface area contributed by atoms with Gasteiger partial charge in [0.25, 0.3) is 5.91 Å². The van der Waals surface area contributed by atoms with Crippen LogP contribution in [-0.2, 0) is 16.9 Å². The minimum Gasteiger partial charge on any atom is -0.351 e. The zero-order valence-corrected chi connectivity index (χ0v) is 9.95. The summed E-state index contributed by atoms with van der Waals surface area (Å²) in [6.45, 7) is 9.31. The molecule has 15 heavy (non-hydrogen) atoms. The monoisotopic (exact) mass is 210 g/mol. The SMILES string of the molecule is CCNC(=O)C[n+]1cccn1C(C)(C)C. The molecule has 1 aromatic rings. The van der Waals surface area contributed by atoms with Crippen molar-refractivity contribution in [3.63, 3.8) is 0 Å². The van der Waals surface area contributed by atoms with Crippen LogP contribution in [0, 0.1) is 0 Å². The van der Waals surface area contributed by atoms with Crippen LogP contribution in [0.2, 0.25) is 0 Å². The van der Waals surface area contributed by atoms with Crippen molar-refractivity contribution in [2.24, 2.45) is 0 Å². The largest absolute Gasteiger partial charge is 0.351 e. The van der Waals surface area contributed by atoms with Crippen LogP contribution in [-0.4, -0.2) is 17.1 Å². The average Bonchev–Trinajstić information content (AvgIpc) is 2.51. The molecule has 4 nitrogen and oxygen atoms in total. The molecule has 4 heteroatoms. The molecule has 84 valence electrons. The summed E-state index contributed by atoms with van der Waals surface area (Å²) in [6, 6.07) is 1.95. The number of hydrogen-bond donors (Lipinski definition) is 1. The number of carbonyl (C=O) groups excluding carboxylic acids is 1. The molecule has 0 aliphatic carbocycles. The predicted molar refractivity (Wildman–Crippen MR) is 58.3 cm³/mol. The highest BCUT2D eigenvalue weighted by atomic mass is 16.2. The molecular formula is C11H20N3O+. The number of carbonyl (C=O) groups is 1. The second-order valence-electron chi connectivity index (χ2n) is 4.56. The van der Waals surface area contributed by atoms with Gasteiger partial charge in [-0.1, -0.05) is 0 Å². The highest BCUT2D eigenvalue weighted by Gasteiger charge is 2.22. The van der Waals surface area contributed by atoms with Gasteiger partial charge in [0.15, 0.2) is 6.20 Å². The normalized spacial score (nSPS) is 11.5. The summed E-state index contributed by atoms with van der Waals surface area (Å²) >= 11 is 0. The molecule has 1 rings (SSSR count). The first-order chi connectivity index (χ1) is 6.95. The standard InChI is InChI=1S/C11H19N3O/c1-5-12-10(15)9-13-7-6-8-14(13)11(2,3)4/h6-8H,5,9H2,1-4H3/p+1. The maximum Gasteiger partial charge on any atom is 0.288 e. The molecule has 1 heterocycles. The van der Waals surface area contributed by atoms with Crippen molar-refractivity contribution in [2.75, 3.05) is 6.54 Å². The van der Waals surface area contributed by atoms with Gasteiger partial charge >= 0.3 is 0 Å². The van der Waals surface area contributed by atoms with Crippen LogP contribution in [0.1, 0.15) is 27.7 Å². The molecule has 0 radical (unpaired) electrons. The van der Waals surface area contributed by atoms with Gasteiger partial charge < -0.3 is 5.32 Å². The van der Waals surface area contributed by atoms with E-state index in [4.69, 9.17) is 0 Å². The van der Waals surface area contributed by atoms with Crippen molar-refractivity contribution >= 4 is 5.91 Å². The van der Waals surface area contributed by atoms with Gasteiger partial charge in [0.05, 0.1) is 11.7 Å². The van der Waals surface area contributed by atoms with E-state index in [9.17, 15) is 4.79 Å². The van der Waals surface area contributed by atoms with E-state index >= 15 is 0 Å². The van der Waals surface area contributed by atoms with E-state index < -0.39 is 0 Å². The second kappa shape index (κ2) is 4.47. The first-order valence-corrected chi connectivity index (χ1v) is 5.29. The number of amides is 1. The van der Waals surface area contributed by atoms with Crippen molar-refractivity contribution in [1.82, 2.24) is 10.00 Å². The Morgan fingerprint density at radius 2 is 2.13 bits per heavy atom. The molecule has 0 atom stereocenters. The van der Waals surface area contributed by atoms with E-state index in [0.29, 0.717) is 13.1 Å². The first kappa shape index (κ1) is 11.8. The fraction of sp³-hybridized carbons (Fsp3) is 0.636. The van der Waals surface area contributed by atoms with E-state index in [0.717, 1.165) is 0 Å². The molecule has 1 N–H and O–H groups in total.